The highest BCUT2D eigenvalue weighted by atomic mass is 35.5. The molecule has 6 rings (SSSR count). The molecule has 2 aliphatic rings. The van der Waals surface area contributed by atoms with Gasteiger partial charge in [-0.3, -0.25) is 9.69 Å². The summed E-state index contributed by atoms with van der Waals surface area (Å²) in [7, 11) is 0. The van der Waals surface area contributed by atoms with Gasteiger partial charge in [-0.2, -0.15) is 0 Å². The van der Waals surface area contributed by atoms with Crippen LogP contribution in [0.3, 0.4) is 0 Å². The standard InChI is InChI=1S/C31H31ClFN5O3/c1-20(39)34-24-7-8-29-28(16-24)35-30(38(29)17-25-11-14-40-25)18-37-12-9-21(10-13-37)27-3-2-4-31(36-27)41-19-22-5-6-23(32)15-26(22)33/h2-9,15-16,25H,10-14,17-19H2,1H3,(H,34,39)/t25-/m0/s1. The van der Waals surface area contributed by atoms with Crippen LogP contribution in [0.5, 0.6) is 5.88 Å². The SMILES string of the molecule is CC(=O)Nc1ccc2c(c1)nc(CN1CC=C(c3cccc(OCc4ccc(Cl)cc4F)n3)CC1)n2C[C@@H]1CCO1. The Morgan fingerprint density at radius 1 is 1.20 bits per heavy atom. The van der Waals surface area contributed by atoms with Crippen LogP contribution in [0.2, 0.25) is 5.02 Å². The van der Waals surface area contributed by atoms with E-state index in [0.717, 1.165) is 72.9 Å². The minimum Gasteiger partial charge on any atom is -0.473 e. The minimum atomic E-state index is -0.398. The fourth-order valence-electron chi connectivity index (χ4n) is 5.17. The van der Waals surface area contributed by atoms with Crippen molar-refractivity contribution < 1.29 is 18.7 Å². The zero-order valence-corrected chi connectivity index (χ0v) is 23.5. The van der Waals surface area contributed by atoms with Gasteiger partial charge in [0.05, 0.1) is 35.9 Å². The predicted molar refractivity (Wildman–Crippen MR) is 156 cm³/mol. The zero-order valence-electron chi connectivity index (χ0n) is 22.8. The van der Waals surface area contributed by atoms with Crippen LogP contribution in [-0.2, 0) is 29.2 Å². The predicted octanol–water partition coefficient (Wildman–Crippen LogP) is 5.84. The number of halogens is 2. The van der Waals surface area contributed by atoms with Gasteiger partial charge in [0.25, 0.3) is 0 Å². The number of carbonyl (C=O) groups is 1. The van der Waals surface area contributed by atoms with Crippen LogP contribution < -0.4 is 10.1 Å². The maximum Gasteiger partial charge on any atom is 0.221 e. The first-order valence-electron chi connectivity index (χ1n) is 13.7. The summed E-state index contributed by atoms with van der Waals surface area (Å²) in [5.74, 6) is 0.927. The molecule has 0 bridgehead atoms. The Morgan fingerprint density at radius 2 is 2.07 bits per heavy atom. The number of benzene rings is 2. The summed E-state index contributed by atoms with van der Waals surface area (Å²) in [6.45, 7) is 5.46. The first kappa shape index (κ1) is 27.4. The number of pyridine rings is 1. The molecule has 4 heterocycles. The van der Waals surface area contributed by atoms with Crippen LogP contribution in [-0.4, -0.2) is 51.1 Å². The summed E-state index contributed by atoms with van der Waals surface area (Å²) < 4.78 is 27.9. The highest BCUT2D eigenvalue weighted by molar-refractivity contribution is 6.30. The zero-order chi connectivity index (χ0) is 28.3. The van der Waals surface area contributed by atoms with E-state index in [4.69, 9.17) is 26.1 Å². The number of anilines is 1. The van der Waals surface area contributed by atoms with E-state index in [2.05, 4.69) is 25.8 Å². The largest absolute Gasteiger partial charge is 0.473 e. The molecule has 4 aromatic rings. The maximum absolute atomic E-state index is 14.1. The molecule has 1 fully saturated rings. The molecule has 212 valence electrons. The van der Waals surface area contributed by atoms with Crippen molar-refractivity contribution in [3.05, 3.63) is 88.6 Å². The Morgan fingerprint density at radius 3 is 2.80 bits per heavy atom. The fraction of sp³-hybridized carbons (Fsp3) is 0.323. The van der Waals surface area contributed by atoms with Crippen molar-refractivity contribution in [2.24, 2.45) is 0 Å². The van der Waals surface area contributed by atoms with E-state index in [1.54, 1.807) is 18.2 Å². The van der Waals surface area contributed by atoms with Gasteiger partial charge in [0.1, 0.15) is 18.2 Å². The van der Waals surface area contributed by atoms with Crippen LogP contribution in [0.4, 0.5) is 10.1 Å². The molecule has 41 heavy (non-hydrogen) atoms. The summed E-state index contributed by atoms with van der Waals surface area (Å²) in [5.41, 5.74) is 5.08. The van der Waals surface area contributed by atoms with Crippen LogP contribution in [0, 0.1) is 5.82 Å². The number of nitrogens with one attached hydrogen (secondary N) is 1. The highest BCUT2D eigenvalue weighted by Gasteiger charge is 2.24. The normalized spacial score (nSPS) is 17.2. The van der Waals surface area contributed by atoms with Gasteiger partial charge in [0.15, 0.2) is 0 Å². The first-order valence-corrected chi connectivity index (χ1v) is 14.1. The molecule has 0 spiro atoms. The monoisotopic (exact) mass is 575 g/mol. The van der Waals surface area contributed by atoms with E-state index in [1.807, 2.05) is 30.3 Å². The number of nitrogens with zero attached hydrogens (tertiary/aromatic N) is 4. The molecule has 10 heteroatoms. The van der Waals surface area contributed by atoms with Crippen molar-refractivity contribution in [2.45, 2.75) is 45.6 Å². The summed E-state index contributed by atoms with van der Waals surface area (Å²) in [4.78, 5) is 23.5. The number of imidazole rings is 1. The number of fused-ring (bicyclic) bond motifs is 1. The van der Waals surface area contributed by atoms with E-state index >= 15 is 0 Å². The van der Waals surface area contributed by atoms with Gasteiger partial charge >= 0.3 is 0 Å². The molecular formula is C31H31ClFN5O3. The van der Waals surface area contributed by atoms with Crippen molar-refractivity contribution in [1.82, 2.24) is 19.4 Å². The number of rotatable bonds is 9. The minimum absolute atomic E-state index is 0.0749. The lowest BCUT2D eigenvalue weighted by atomic mass is 10.0. The second kappa shape index (κ2) is 12.0. The van der Waals surface area contributed by atoms with Gasteiger partial charge in [-0.1, -0.05) is 29.8 Å². The Kier molecular flexibility index (Phi) is 8.00. The molecular weight excluding hydrogens is 545 g/mol. The van der Waals surface area contributed by atoms with Gasteiger partial charge in [-0.05, 0) is 54.8 Å². The van der Waals surface area contributed by atoms with E-state index in [1.165, 1.54) is 13.0 Å². The molecule has 1 N–H and O–H groups in total. The quantitative estimate of drug-likeness (QED) is 0.270. The van der Waals surface area contributed by atoms with Crippen molar-refractivity contribution in [2.75, 3.05) is 25.0 Å². The maximum atomic E-state index is 14.1. The lowest BCUT2D eigenvalue weighted by Crippen LogP contribution is -2.33. The summed E-state index contributed by atoms with van der Waals surface area (Å²) >= 11 is 5.85. The third-order valence-corrected chi connectivity index (χ3v) is 7.66. The number of hydrogen-bond acceptors (Lipinski definition) is 6. The van der Waals surface area contributed by atoms with E-state index in [0.29, 0.717) is 23.0 Å². The third-order valence-electron chi connectivity index (χ3n) is 7.43. The molecule has 8 nitrogen and oxygen atoms in total. The Bertz CT molecular complexity index is 1620. The fourth-order valence-corrected chi connectivity index (χ4v) is 5.33. The number of carbonyl (C=O) groups excluding carboxylic acids is 1. The lowest BCUT2D eigenvalue weighted by Gasteiger charge is -2.29. The highest BCUT2D eigenvalue weighted by Crippen LogP contribution is 2.27. The second-order valence-electron chi connectivity index (χ2n) is 10.4. The molecule has 0 saturated carbocycles. The lowest BCUT2D eigenvalue weighted by molar-refractivity contribution is -0.114. The molecule has 1 atom stereocenters. The number of amides is 1. The van der Waals surface area contributed by atoms with E-state index in [-0.39, 0.29) is 18.6 Å². The molecule has 2 aromatic heterocycles. The third kappa shape index (κ3) is 6.43. The van der Waals surface area contributed by atoms with Crippen LogP contribution in [0.25, 0.3) is 16.6 Å². The van der Waals surface area contributed by atoms with E-state index < -0.39 is 5.82 Å². The molecule has 1 amide bonds. The summed E-state index contributed by atoms with van der Waals surface area (Å²) in [5, 5.41) is 3.20. The van der Waals surface area contributed by atoms with Gasteiger partial charge in [0.2, 0.25) is 11.8 Å². The topological polar surface area (TPSA) is 81.5 Å². The van der Waals surface area contributed by atoms with Gasteiger partial charge < -0.3 is 19.4 Å². The molecule has 0 radical (unpaired) electrons. The Balaban J connectivity index is 1.14. The van der Waals surface area contributed by atoms with Gasteiger partial charge in [-0.25, -0.2) is 14.4 Å². The number of hydrogen-bond donors (Lipinski definition) is 1. The van der Waals surface area contributed by atoms with Crippen molar-refractivity contribution in [1.29, 1.82) is 0 Å². The Labute approximate surface area is 242 Å². The van der Waals surface area contributed by atoms with Gasteiger partial charge in [-0.15, -0.1) is 0 Å². The average Bonchev–Trinajstić information content (AvgIpc) is 3.26. The van der Waals surface area contributed by atoms with Crippen LogP contribution in [0.1, 0.15) is 36.8 Å². The average molecular weight is 576 g/mol. The molecule has 0 aliphatic carbocycles. The summed E-state index contributed by atoms with van der Waals surface area (Å²) in [6.07, 6.45) is 4.28. The van der Waals surface area contributed by atoms with E-state index in [9.17, 15) is 9.18 Å². The van der Waals surface area contributed by atoms with Crippen LogP contribution in [0.15, 0.2) is 60.7 Å². The smallest absolute Gasteiger partial charge is 0.221 e. The summed E-state index contributed by atoms with van der Waals surface area (Å²) in [6, 6.07) is 16.1. The number of ether oxygens (including phenoxy) is 2. The van der Waals surface area contributed by atoms with Gasteiger partial charge in [0, 0.05) is 49.0 Å². The van der Waals surface area contributed by atoms with Crippen molar-refractivity contribution in [3.63, 3.8) is 0 Å². The Hall–Kier alpha value is -3.79. The molecule has 0 unspecified atom stereocenters. The van der Waals surface area contributed by atoms with Crippen LogP contribution >= 0.6 is 11.6 Å². The first-order chi connectivity index (χ1) is 19.9. The molecule has 2 aromatic carbocycles. The number of aromatic nitrogens is 3. The molecule has 2 aliphatic heterocycles. The molecule has 1 saturated heterocycles. The van der Waals surface area contributed by atoms with Crippen molar-refractivity contribution >= 4 is 39.8 Å². The van der Waals surface area contributed by atoms with Crippen molar-refractivity contribution in [3.8, 4) is 5.88 Å². The second-order valence-corrected chi connectivity index (χ2v) is 10.8.